The van der Waals surface area contributed by atoms with Crippen molar-refractivity contribution in [1.29, 1.82) is 0 Å². The molecule has 2 aromatic carbocycles. The summed E-state index contributed by atoms with van der Waals surface area (Å²) in [6.07, 6.45) is 4.33. The summed E-state index contributed by atoms with van der Waals surface area (Å²) >= 11 is 0. The maximum atomic E-state index is 13.0. The third-order valence-electron chi connectivity index (χ3n) is 5.41. The van der Waals surface area contributed by atoms with Gasteiger partial charge >= 0.3 is 0 Å². The van der Waals surface area contributed by atoms with E-state index < -0.39 is 6.04 Å². The molecule has 0 heterocycles. The number of hydrogen-bond acceptors (Lipinski definition) is 3. The highest BCUT2D eigenvalue weighted by Crippen LogP contribution is 2.19. The molecule has 2 amide bonds. The Hall–Kier alpha value is -2.82. The lowest BCUT2D eigenvalue weighted by molar-refractivity contribution is -0.142. The van der Waals surface area contributed by atoms with Crippen molar-refractivity contribution in [2.75, 3.05) is 6.61 Å². The molecule has 1 N–H and O–H groups in total. The Bertz CT molecular complexity index is 816. The van der Waals surface area contributed by atoms with Crippen molar-refractivity contribution >= 4 is 11.8 Å². The van der Waals surface area contributed by atoms with Crippen molar-refractivity contribution < 1.29 is 14.3 Å². The SMILES string of the molecule is Cc1cccc(CN(C(=O)COc2ccccc2)[C@@H](C)C(=O)NC2CCCC2)c1. The minimum absolute atomic E-state index is 0.0994. The molecule has 0 unspecified atom stereocenters. The third kappa shape index (κ3) is 6.08. The van der Waals surface area contributed by atoms with Gasteiger partial charge in [0.05, 0.1) is 0 Å². The van der Waals surface area contributed by atoms with Gasteiger partial charge in [-0.05, 0) is 44.4 Å². The highest BCUT2D eigenvalue weighted by atomic mass is 16.5. The Morgan fingerprint density at radius 2 is 1.83 bits per heavy atom. The first-order valence-electron chi connectivity index (χ1n) is 10.4. The van der Waals surface area contributed by atoms with Crippen LogP contribution in [0.2, 0.25) is 0 Å². The number of carbonyl (C=O) groups is 2. The molecule has 1 saturated carbocycles. The van der Waals surface area contributed by atoms with E-state index >= 15 is 0 Å². The van der Waals surface area contributed by atoms with Gasteiger partial charge in [0.25, 0.3) is 5.91 Å². The molecule has 5 nitrogen and oxygen atoms in total. The van der Waals surface area contributed by atoms with Crippen molar-refractivity contribution in [3.05, 3.63) is 65.7 Å². The van der Waals surface area contributed by atoms with E-state index in [0.717, 1.165) is 36.8 Å². The number of carbonyl (C=O) groups excluding carboxylic acids is 2. The molecule has 1 atom stereocenters. The number of nitrogens with one attached hydrogen (secondary N) is 1. The van der Waals surface area contributed by atoms with Crippen LogP contribution in [0.4, 0.5) is 0 Å². The van der Waals surface area contributed by atoms with Crippen LogP contribution in [0.1, 0.15) is 43.7 Å². The summed E-state index contributed by atoms with van der Waals surface area (Å²) in [5, 5.41) is 3.11. The summed E-state index contributed by atoms with van der Waals surface area (Å²) in [5.41, 5.74) is 2.12. The van der Waals surface area contributed by atoms with Crippen LogP contribution in [0.25, 0.3) is 0 Å². The van der Waals surface area contributed by atoms with Crippen LogP contribution in [-0.4, -0.2) is 35.4 Å². The van der Waals surface area contributed by atoms with E-state index in [1.54, 1.807) is 11.8 Å². The summed E-state index contributed by atoms with van der Waals surface area (Å²) in [5.74, 6) is 0.335. The van der Waals surface area contributed by atoms with Crippen molar-refractivity contribution in [3.63, 3.8) is 0 Å². The molecular weight excluding hydrogens is 364 g/mol. The van der Waals surface area contributed by atoms with Crippen molar-refractivity contribution in [2.24, 2.45) is 0 Å². The van der Waals surface area contributed by atoms with Gasteiger partial charge in [0, 0.05) is 12.6 Å². The summed E-state index contributed by atoms with van der Waals surface area (Å²) in [6.45, 7) is 4.08. The van der Waals surface area contributed by atoms with Gasteiger partial charge < -0.3 is 15.0 Å². The quantitative estimate of drug-likeness (QED) is 0.740. The van der Waals surface area contributed by atoms with Crippen LogP contribution in [0, 0.1) is 6.92 Å². The molecule has 0 aromatic heterocycles. The fraction of sp³-hybridized carbons (Fsp3) is 0.417. The molecule has 0 radical (unpaired) electrons. The molecule has 1 aliphatic rings. The molecule has 3 rings (SSSR count). The Balaban J connectivity index is 1.70. The number of hydrogen-bond donors (Lipinski definition) is 1. The largest absolute Gasteiger partial charge is 0.484 e. The number of nitrogens with zero attached hydrogens (tertiary/aromatic N) is 1. The second-order valence-electron chi connectivity index (χ2n) is 7.78. The lowest BCUT2D eigenvalue weighted by Gasteiger charge is -2.29. The lowest BCUT2D eigenvalue weighted by Crippen LogP contribution is -2.50. The molecule has 0 aliphatic heterocycles. The second-order valence-corrected chi connectivity index (χ2v) is 7.78. The Labute approximate surface area is 173 Å². The van der Waals surface area contributed by atoms with Crippen LogP contribution in [0.15, 0.2) is 54.6 Å². The number of rotatable bonds is 8. The van der Waals surface area contributed by atoms with Crippen LogP contribution in [0.3, 0.4) is 0 Å². The molecule has 1 aliphatic carbocycles. The van der Waals surface area contributed by atoms with E-state index in [0.29, 0.717) is 12.3 Å². The lowest BCUT2D eigenvalue weighted by atomic mass is 10.1. The van der Waals surface area contributed by atoms with Gasteiger partial charge in [-0.25, -0.2) is 0 Å². The van der Waals surface area contributed by atoms with E-state index in [1.807, 2.05) is 61.5 Å². The minimum atomic E-state index is -0.567. The zero-order valence-electron chi connectivity index (χ0n) is 17.3. The maximum Gasteiger partial charge on any atom is 0.261 e. The molecule has 29 heavy (non-hydrogen) atoms. The van der Waals surface area contributed by atoms with Gasteiger partial charge in [0.2, 0.25) is 5.91 Å². The van der Waals surface area contributed by atoms with Gasteiger partial charge in [-0.1, -0.05) is 60.9 Å². The topological polar surface area (TPSA) is 58.6 Å². The zero-order chi connectivity index (χ0) is 20.6. The van der Waals surface area contributed by atoms with E-state index in [1.165, 1.54) is 0 Å². The first kappa shape index (κ1) is 20.9. The fourth-order valence-corrected chi connectivity index (χ4v) is 3.73. The van der Waals surface area contributed by atoms with Gasteiger partial charge in [-0.15, -0.1) is 0 Å². The van der Waals surface area contributed by atoms with E-state index in [-0.39, 0.29) is 24.5 Å². The highest BCUT2D eigenvalue weighted by Gasteiger charge is 2.28. The normalized spacial score (nSPS) is 15.0. The average molecular weight is 395 g/mol. The summed E-state index contributed by atoms with van der Waals surface area (Å²) in [4.78, 5) is 27.5. The van der Waals surface area contributed by atoms with Gasteiger partial charge in [-0.3, -0.25) is 9.59 Å². The summed E-state index contributed by atoms with van der Waals surface area (Å²) in [7, 11) is 0. The van der Waals surface area contributed by atoms with Gasteiger partial charge in [0.15, 0.2) is 6.61 Å². The maximum absolute atomic E-state index is 13.0. The standard InChI is InChI=1S/C24H30N2O3/c1-18-9-8-10-20(15-18)16-26(19(2)24(28)25-21-11-6-7-12-21)23(27)17-29-22-13-4-3-5-14-22/h3-5,8-10,13-15,19,21H,6-7,11-12,16-17H2,1-2H3,(H,25,28)/t19-/m0/s1. The van der Waals surface area contributed by atoms with E-state index in [4.69, 9.17) is 4.74 Å². The van der Waals surface area contributed by atoms with Crippen LogP contribution in [0.5, 0.6) is 5.75 Å². The Morgan fingerprint density at radius 1 is 1.10 bits per heavy atom. The van der Waals surface area contributed by atoms with Crippen molar-refractivity contribution in [2.45, 2.75) is 58.2 Å². The summed E-state index contributed by atoms with van der Waals surface area (Å²) in [6, 6.07) is 16.9. The van der Waals surface area contributed by atoms with E-state index in [2.05, 4.69) is 5.32 Å². The Morgan fingerprint density at radius 3 is 2.52 bits per heavy atom. The molecule has 2 aromatic rings. The number of aryl methyl sites for hydroxylation is 1. The van der Waals surface area contributed by atoms with E-state index in [9.17, 15) is 9.59 Å². The first-order chi connectivity index (χ1) is 14.0. The molecule has 154 valence electrons. The highest BCUT2D eigenvalue weighted by molar-refractivity contribution is 5.88. The molecule has 5 heteroatoms. The van der Waals surface area contributed by atoms with Gasteiger partial charge in [-0.2, -0.15) is 0 Å². The third-order valence-corrected chi connectivity index (χ3v) is 5.41. The molecular formula is C24H30N2O3. The molecule has 0 bridgehead atoms. The smallest absolute Gasteiger partial charge is 0.261 e. The first-order valence-corrected chi connectivity index (χ1v) is 10.4. The molecule has 0 spiro atoms. The predicted molar refractivity (Wildman–Crippen MR) is 114 cm³/mol. The van der Waals surface area contributed by atoms with Crippen LogP contribution >= 0.6 is 0 Å². The number of amides is 2. The van der Waals surface area contributed by atoms with Gasteiger partial charge in [0.1, 0.15) is 11.8 Å². The number of ether oxygens (including phenoxy) is 1. The predicted octanol–water partition coefficient (Wildman–Crippen LogP) is 3.85. The zero-order valence-corrected chi connectivity index (χ0v) is 17.3. The monoisotopic (exact) mass is 394 g/mol. The molecule has 0 saturated heterocycles. The number of benzene rings is 2. The average Bonchev–Trinajstić information content (AvgIpc) is 3.23. The van der Waals surface area contributed by atoms with Crippen molar-refractivity contribution in [3.8, 4) is 5.75 Å². The summed E-state index contributed by atoms with van der Waals surface area (Å²) < 4.78 is 5.65. The second kappa shape index (κ2) is 10.1. The number of para-hydroxylation sites is 1. The fourth-order valence-electron chi connectivity index (χ4n) is 3.73. The minimum Gasteiger partial charge on any atom is -0.484 e. The van der Waals surface area contributed by atoms with Crippen LogP contribution < -0.4 is 10.1 Å². The van der Waals surface area contributed by atoms with Crippen molar-refractivity contribution in [1.82, 2.24) is 10.2 Å². The Kier molecular flexibility index (Phi) is 7.28. The van der Waals surface area contributed by atoms with Crippen LogP contribution in [-0.2, 0) is 16.1 Å². The molecule has 1 fully saturated rings.